The summed E-state index contributed by atoms with van der Waals surface area (Å²) < 4.78 is 30.2. The van der Waals surface area contributed by atoms with E-state index in [-0.39, 0.29) is 31.3 Å². The maximum atomic E-state index is 13.5. The minimum atomic E-state index is -4.71. The zero-order valence-electron chi connectivity index (χ0n) is 47.6. The molecule has 0 aliphatic heterocycles. The molecule has 0 rings (SSSR count). The number of quaternary nitrogens is 1. The van der Waals surface area contributed by atoms with Gasteiger partial charge in [-0.05, 0) is 102 Å². The molecule has 0 aliphatic carbocycles. The second-order valence-electron chi connectivity index (χ2n) is 21.1. The number of carbonyl (C=O) groups is 2. The van der Waals surface area contributed by atoms with Crippen LogP contribution >= 0.6 is 7.82 Å². The van der Waals surface area contributed by atoms with Gasteiger partial charge in [0, 0.05) is 12.8 Å². The van der Waals surface area contributed by atoms with Gasteiger partial charge in [-0.1, -0.05) is 216 Å². The highest BCUT2D eigenvalue weighted by molar-refractivity contribution is 7.45. The van der Waals surface area contributed by atoms with E-state index in [4.69, 9.17) is 13.8 Å². The lowest BCUT2D eigenvalue weighted by Crippen LogP contribution is -2.47. The standard InChI is InChI=1S/C62H113N2O7P/c1-7-10-13-16-19-22-25-28-30-31-32-33-34-37-40-43-46-49-52-55-62(66)71-60(53-50-47-44-41-38-35-27-24-21-18-15-12-9-3)59(58-70-72(67,68)69-57-56-64(4,5)6)63-61(65)54-51-48-45-42-39-36-29-26-23-20-17-14-11-8-2/h19,22,28,30,32-33,36-37,39-40,50,53,59-60H,7-18,20-21,23-27,29,31,34-35,38,41-49,51-52,54-58H2,1-6H3,(H-,63,65,67,68)/b22-19-,30-28-,33-32-,39-36-,40-37-,53-50+. The highest BCUT2D eigenvalue weighted by atomic mass is 31.2. The highest BCUT2D eigenvalue weighted by Crippen LogP contribution is 2.38. The van der Waals surface area contributed by atoms with Crippen LogP contribution in [0.3, 0.4) is 0 Å². The Morgan fingerprint density at radius 2 is 0.847 bits per heavy atom. The number of nitrogens with one attached hydrogen (secondary N) is 1. The molecule has 3 unspecified atom stereocenters. The minimum Gasteiger partial charge on any atom is -0.756 e. The third kappa shape index (κ3) is 52.3. The minimum absolute atomic E-state index is 0.0324. The molecule has 0 saturated heterocycles. The first-order chi connectivity index (χ1) is 34.9. The number of ether oxygens (including phenoxy) is 1. The van der Waals surface area contributed by atoms with Crippen LogP contribution in [-0.2, 0) is 27.9 Å². The second kappa shape index (κ2) is 51.9. The molecule has 0 aromatic rings. The third-order valence-electron chi connectivity index (χ3n) is 12.9. The van der Waals surface area contributed by atoms with Crippen LogP contribution in [0, 0.1) is 0 Å². The largest absolute Gasteiger partial charge is 0.756 e. The molecule has 1 amide bonds. The average molecular weight is 1030 g/mol. The monoisotopic (exact) mass is 1030 g/mol. The summed E-state index contributed by atoms with van der Waals surface area (Å²) in [5, 5.41) is 3.00. The Morgan fingerprint density at radius 1 is 0.486 bits per heavy atom. The lowest BCUT2D eigenvalue weighted by Gasteiger charge is -2.30. The van der Waals surface area contributed by atoms with E-state index in [1.54, 1.807) is 0 Å². The van der Waals surface area contributed by atoms with Gasteiger partial charge in [-0.15, -0.1) is 0 Å². The van der Waals surface area contributed by atoms with Crippen molar-refractivity contribution in [2.24, 2.45) is 0 Å². The van der Waals surface area contributed by atoms with Crippen LogP contribution in [0.2, 0.25) is 0 Å². The molecular formula is C62H113N2O7P. The van der Waals surface area contributed by atoms with Crippen LogP contribution in [0.5, 0.6) is 0 Å². The molecule has 0 aliphatic rings. The normalized spacial score (nSPS) is 14.3. The fourth-order valence-electron chi connectivity index (χ4n) is 8.20. The summed E-state index contributed by atoms with van der Waals surface area (Å²) >= 11 is 0. The number of carbonyl (C=O) groups excluding carboxylic acids is 2. The van der Waals surface area contributed by atoms with Crippen LogP contribution in [0.25, 0.3) is 0 Å². The van der Waals surface area contributed by atoms with E-state index in [0.29, 0.717) is 23.9 Å². The van der Waals surface area contributed by atoms with Gasteiger partial charge in [0.2, 0.25) is 5.91 Å². The number of allylic oxidation sites excluding steroid dienone is 11. The summed E-state index contributed by atoms with van der Waals surface area (Å²) in [6.45, 7) is 6.78. The number of amides is 1. The molecule has 10 heteroatoms. The Kier molecular flexibility index (Phi) is 50.1. The first-order valence-electron chi connectivity index (χ1n) is 29.7. The molecule has 9 nitrogen and oxygen atoms in total. The van der Waals surface area contributed by atoms with E-state index in [9.17, 15) is 19.0 Å². The summed E-state index contributed by atoms with van der Waals surface area (Å²) in [6.07, 6.45) is 65.8. The summed E-state index contributed by atoms with van der Waals surface area (Å²) in [7, 11) is 1.15. The maximum absolute atomic E-state index is 13.5. The Bertz CT molecular complexity index is 1460. The predicted molar refractivity (Wildman–Crippen MR) is 307 cm³/mol. The van der Waals surface area contributed by atoms with Gasteiger partial charge in [-0.2, -0.15) is 0 Å². The topological polar surface area (TPSA) is 114 Å². The SMILES string of the molecule is CCCCC/C=C\C/C=C\C/C=C\C/C=C\CCCCCC(=O)OC(/C=C/CCCCCCCCCCCCC)C(COP(=O)([O-])OCC[N+](C)(C)C)NC(=O)CCCCC/C=C\CCCCCCCCC. The number of phosphoric acid groups is 1. The van der Waals surface area contributed by atoms with E-state index in [2.05, 4.69) is 86.8 Å². The van der Waals surface area contributed by atoms with E-state index in [1.165, 1.54) is 128 Å². The van der Waals surface area contributed by atoms with E-state index in [1.807, 2.05) is 33.3 Å². The van der Waals surface area contributed by atoms with Crippen LogP contribution in [0.1, 0.15) is 258 Å². The molecule has 0 radical (unpaired) electrons. The zero-order valence-corrected chi connectivity index (χ0v) is 48.5. The average Bonchev–Trinajstić information content (AvgIpc) is 3.34. The number of hydrogen-bond donors (Lipinski definition) is 1. The molecule has 0 bridgehead atoms. The molecule has 1 N–H and O–H groups in total. The van der Waals surface area contributed by atoms with Gasteiger partial charge in [0.25, 0.3) is 7.82 Å². The summed E-state index contributed by atoms with van der Waals surface area (Å²) in [5.74, 6) is -0.595. The Morgan fingerprint density at radius 3 is 1.31 bits per heavy atom. The lowest BCUT2D eigenvalue weighted by molar-refractivity contribution is -0.870. The van der Waals surface area contributed by atoms with Gasteiger partial charge in [0.15, 0.2) is 0 Å². The lowest BCUT2D eigenvalue weighted by atomic mass is 10.0. The molecule has 0 saturated carbocycles. The van der Waals surface area contributed by atoms with Crippen LogP contribution in [0.4, 0.5) is 0 Å². The van der Waals surface area contributed by atoms with E-state index < -0.39 is 26.6 Å². The van der Waals surface area contributed by atoms with Gasteiger partial charge in [-0.3, -0.25) is 14.2 Å². The van der Waals surface area contributed by atoms with E-state index in [0.717, 1.165) is 83.5 Å². The maximum Gasteiger partial charge on any atom is 0.306 e. The summed E-state index contributed by atoms with van der Waals surface area (Å²) in [6, 6.07) is -0.911. The van der Waals surface area contributed by atoms with Crippen molar-refractivity contribution in [2.45, 2.75) is 270 Å². The second-order valence-corrected chi connectivity index (χ2v) is 22.6. The van der Waals surface area contributed by atoms with Gasteiger partial charge in [-0.25, -0.2) is 0 Å². The smallest absolute Gasteiger partial charge is 0.306 e. The molecule has 0 heterocycles. The molecular weight excluding hydrogens is 916 g/mol. The first-order valence-corrected chi connectivity index (χ1v) is 31.2. The fraction of sp³-hybridized carbons (Fsp3) is 0.774. The first kappa shape index (κ1) is 69.5. The number of unbranched alkanes of at least 4 members (excludes halogenated alkanes) is 27. The van der Waals surface area contributed by atoms with Crippen molar-refractivity contribution in [3.8, 4) is 0 Å². The molecule has 72 heavy (non-hydrogen) atoms. The summed E-state index contributed by atoms with van der Waals surface area (Å²) in [5.41, 5.74) is 0. The number of hydrogen-bond acceptors (Lipinski definition) is 7. The van der Waals surface area contributed by atoms with Crippen molar-refractivity contribution in [2.75, 3.05) is 40.9 Å². The predicted octanol–water partition coefficient (Wildman–Crippen LogP) is 17.4. The van der Waals surface area contributed by atoms with Crippen molar-refractivity contribution in [1.82, 2.24) is 5.32 Å². The molecule has 3 atom stereocenters. The third-order valence-corrected chi connectivity index (χ3v) is 13.8. The van der Waals surface area contributed by atoms with Crippen molar-refractivity contribution in [3.63, 3.8) is 0 Å². The van der Waals surface area contributed by atoms with E-state index >= 15 is 0 Å². The number of phosphoric ester groups is 1. The number of esters is 1. The fourth-order valence-corrected chi connectivity index (χ4v) is 8.93. The van der Waals surface area contributed by atoms with Crippen LogP contribution < -0.4 is 10.2 Å². The quantitative estimate of drug-likeness (QED) is 0.0212. The van der Waals surface area contributed by atoms with Gasteiger partial charge in [0.05, 0.1) is 33.8 Å². The van der Waals surface area contributed by atoms with Crippen LogP contribution in [0.15, 0.2) is 72.9 Å². The van der Waals surface area contributed by atoms with Gasteiger partial charge < -0.3 is 28.5 Å². The zero-order chi connectivity index (χ0) is 52.9. The molecule has 0 aromatic heterocycles. The van der Waals surface area contributed by atoms with Crippen molar-refractivity contribution >= 4 is 19.7 Å². The summed E-state index contributed by atoms with van der Waals surface area (Å²) in [4.78, 5) is 39.9. The molecule has 0 aromatic carbocycles. The van der Waals surface area contributed by atoms with Crippen molar-refractivity contribution in [3.05, 3.63) is 72.9 Å². The number of rotatable bonds is 53. The van der Waals surface area contributed by atoms with Gasteiger partial charge in [0.1, 0.15) is 19.3 Å². The molecule has 418 valence electrons. The Labute approximate surface area is 444 Å². The number of nitrogens with zero attached hydrogens (tertiary/aromatic N) is 1. The highest BCUT2D eigenvalue weighted by Gasteiger charge is 2.27. The Hall–Kier alpha value is -2.55. The molecule has 0 fully saturated rings. The van der Waals surface area contributed by atoms with Crippen molar-refractivity contribution < 1.29 is 37.3 Å². The molecule has 0 spiro atoms. The van der Waals surface area contributed by atoms with Crippen LogP contribution in [-0.4, -0.2) is 69.4 Å². The Balaban J connectivity index is 5.42. The number of likely N-dealkylation sites (N-methyl/N-ethyl adjacent to an activating group) is 1. The van der Waals surface area contributed by atoms with Crippen molar-refractivity contribution in [1.29, 1.82) is 0 Å². The van der Waals surface area contributed by atoms with Gasteiger partial charge >= 0.3 is 5.97 Å².